The first-order chi connectivity index (χ1) is 8.99. The van der Waals surface area contributed by atoms with Crippen LogP contribution in [-0.4, -0.2) is 33.1 Å². The molecule has 0 saturated heterocycles. The zero-order chi connectivity index (χ0) is 14.4. The van der Waals surface area contributed by atoms with E-state index in [1.54, 1.807) is 0 Å². The van der Waals surface area contributed by atoms with Gasteiger partial charge in [0.1, 0.15) is 5.69 Å². The van der Waals surface area contributed by atoms with Crippen LogP contribution in [0.25, 0.3) is 0 Å². The van der Waals surface area contributed by atoms with Crippen LogP contribution in [-0.2, 0) is 0 Å². The molecule has 1 heterocycles. The minimum Gasteiger partial charge on any atom is -0.396 e. The largest absolute Gasteiger partial charge is 0.396 e. The normalized spacial score (nSPS) is 12.2. The van der Waals surface area contributed by atoms with E-state index in [1.165, 1.54) is 6.92 Å². The summed E-state index contributed by atoms with van der Waals surface area (Å²) in [5.41, 5.74) is 0.0611. The van der Waals surface area contributed by atoms with Crippen molar-refractivity contribution in [2.45, 2.75) is 26.7 Å². The number of halogens is 1. The molecule has 0 aliphatic rings. The summed E-state index contributed by atoms with van der Waals surface area (Å²) in [6.45, 7) is 4.09. The Morgan fingerprint density at radius 3 is 2.74 bits per heavy atom. The van der Waals surface area contributed by atoms with E-state index in [9.17, 15) is 10.1 Å². The van der Waals surface area contributed by atoms with Crippen LogP contribution < -0.4 is 5.32 Å². The first kappa shape index (κ1) is 15.6. The monoisotopic (exact) mass is 288 g/mol. The molecular weight excluding hydrogens is 272 g/mol. The number of hydrogen-bond acceptors (Lipinski definition) is 6. The molecule has 0 radical (unpaired) electrons. The van der Waals surface area contributed by atoms with Crippen molar-refractivity contribution < 1.29 is 10.0 Å². The highest BCUT2D eigenvalue weighted by Gasteiger charge is 2.22. The molecule has 0 amide bonds. The van der Waals surface area contributed by atoms with E-state index in [4.69, 9.17) is 16.7 Å². The average Bonchev–Trinajstić information content (AvgIpc) is 2.32. The van der Waals surface area contributed by atoms with Crippen molar-refractivity contribution in [3.63, 3.8) is 0 Å². The summed E-state index contributed by atoms with van der Waals surface area (Å²) in [7, 11) is 0. The fraction of sp³-hybridized carbons (Fsp3) is 0.636. The molecule has 19 heavy (non-hydrogen) atoms. The second kappa shape index (κ2) is 7.20. The smallest absolute Gasteiger partial charge is 0.332 e. The quantitative estimate of drug-likeness (QED) is 0.453. The number of nitrogens with zero attached hydrogens (tertiary/aromatic N) is 3. The van der Waals surface area contributed by atoms with Gasteiger partial charge in [-0.25, -0.2) is 4.98 Å². The van der Waals surface area contributed by atoms with Crippen LogP contribution in [0.4, 0.5) is 11.5 Å². The zero-order valence-corrected chi connectivity index (χ0v) is 11.6. The Balaban J connectivity index is 2.90. The van der Waals surface area contributed by atoms with Crippen LogP contribution in [0.3, 0.4) is 0 Å². The van der Waals surface area contributed by atoms with Crippen LogP contribution in [0.5, 0.6) is 0 Å². The Morgan fingerprint density at radius 1 is 1.53 bits per heavy atom. The molecule has 1 unspecified atom stereocenters. The van der Waals surface area contributed by atoms with E-state index >= 15 is 0 Å². The minimum atomic E-state index is -0.527. The molecule has 0 fully saturated rings. The lowest BCUT2D eigenvalue weighted by Gasteiger charge is -2.15. The molecule has 0 saturated carbocycles. The third kappa shape index (κ3) is 4.29. The maximum atomic E-state index is 11.0. The van der Waals surface area contributed by atoms with Gasteiger partial charge in [0.15, 0.2) is 0 Å². The minimum absolute atomic E-state index is 0.0270. The first-order valence-corrected chi connectivity index (χ1v) is 6.40. The van der Waals surface area contributed by atoms with Crippen molar-refractivity contribution in [2.24, 2.45) is 5.92 Å². The van der Waals surface area contributed by atoms with Crippen LogP contribution in [0.15, 0.2) is 0 Å². The summed E-state index contributed by atoms with van der Waals surface area (Å²) >= 11 is 5.71. The van der Waals surface area contributed by atoms with E-state index in [0.717, 1.165) is 6.42 Å². The molecule has 106 valence electrons. The van der Waals surface area contributed by atoms with E-state index < -0.39 is 4.92 Å². The van der Waals surface area contributed by atoms with Crippen molar-refractivity contribution in [3.8, 4) is 0 Å². The summed E-state index contributed by atoms with van der Waals surface area (Å²) in [6.07, 6.45) is 1.49. The van der Waals surface area contributed by atoms with Crippen molar-refractivity contribution in [3.05, 3.63) is 21.1 Å². The van der Waals surface area contributed by atoms with Gasteiger partial charge in [-0.2, -0.15) is 4.98 Å². The summed E-state index contributed by atoms with van der Waals surface area (Å²) in [4.78, 5) is 18.1. The highest BCUT2D eigenvalue weighted by molar-refractivity contribution is 6.28. The molecule has 1 rings (SSSR count). The molecule has 0 bridgehead atoms. The SMILES string of the molecule is CCC(CCO)CNc1nc(Cl)nc(C)c1[N+](=O)[O-]. The van der Waals surface area contributed by atoms with E-state index in [-0.39, 0.29) is 35.0 Å². The number of nitrogens with one attached hydrogen (secondary N) is 1. The lowest BCUT2D eigenvalue weighted by molar-refractivity contribution is -0.385. The van der Waals surface area contributed by atoms with Crippen LogP contribution >= 0.6 is 11.6 Å². The summed E-state index contributed by atoms with van der Waals surface area (Å²) < 4.78 is 0. The maximum Gasteiger partial charge on any atom is 0.332 e. The molecule has 8 heteroatoms. The third-order valence-electron chi connectivity index (χ3n) is 2.89. The number of aryl methyl sites for hydroxylation is 1. The number of hydrogen-bond donors (Lipinski definition) is 2. The second-order valence-electron chi connectivity index (χ2n) is 4.20. The molecule has 1 aromatic rings. The molecule has 0 aromatic carbocycles. The fourth-order valence-electron chi connectivity index (χ4n) is 1.75. The van der Waals surface area contributed by atoms with E-state index in [0.29, 0.717) is 13.0 Å². The highest BCUT2D eigenvalue weighted by atomic mass is 35.5. The number of aliphatic hydroxyl groups is 1. The van der Waals surface area contributed by atoms with Gasteiger partial charge in [0.05, 0.1) is 4.92 Å². The molecule has 1 aromatic heterocycles. The number of anilines is 1. The Hall–Kier alpha value is -1.47. The number of aliphatic hydroxyl groups excluding tert-OH is 1. The molecule has 0 aliphatic heterocycles. The Labute approximate surface area is 116 Å². The van der Waals surface area contributed by atoms with Gasteiger partial charge in [0, 0.05) is 13.2 Å². The summed E-state index contributed by atoms with van der Waals surface area (Å²) in [6, 6.07) is 0. The van der Waals surface area contributed by atoms with Gasteiger partial charge in [-0.3, -0.25) is 10.1 Å². The second-order valence-corrected chi connectivity index (χ2v) is 4.54. The summed E-state index contributed by atoms with van der Waals surface area (Å²) in [5, 5.41) is 22.8. The van der Waals surface area contributed by atoms with Gasteiger partial charge < -0.3 is 10.4 Å². The Morgan fingerprint density at radius 2 is 2.21 bits per heavy atom. The van der Waals surface area contributed by atoms with Gasteiger partial charge in [0.2, 0.25) is 11.1 Å². The highest BCUT2D eigenvalue weighted by Crippen LogP contribution is 2.26. The fourth-order valence-corrected chi connectivity index (χ4v) is 1.96. The maximum absolute atomic E-state index is 11.0. The van der Waals surface area contributed by atoms with Crippen molar-refractivity contribution >= 4 is 23.1 Å². The average molecular weight is 289 g/mol. The number of aromatic nitrogens is 2. The molecule has 0 spiro atoms. The lowest BCUT2D eigenvalue weighted by Crippen LogP contribution is -2.17. The number of nitro groups is 1. The lowest BCUT2D eigenvalue weighted by atomic mass is 10.0. The van der Waals surface area contributed by atoms with Crippen molar-refractivity contribution in [1.29, 1.82) is 0 Å². The van der Waals surface area contributed by atoms with Gasteiger partial charge in [-0.1, -0.05) is 13.3 Å². The van der Waals surface area contributed by atoms with Crippen LogP contribution in [0, 0.1) is 23.0 Å². The predicted octanol–water partition coefficient (Wildman–Crippen LogP) is 2.17. The zero-order valence-electron chi connectivity index (χ0n) is 10.9. The number of rotatable bonds is 7. The Kier molecular flexibility index (Phi) is 5.91. The first-order valence-electron chi connectivity index (χ1n) is 6.02. The van der Waals surface area contributed by atoms with E-state index in [2.05, 4.69) is 15.3 Å². The van der Waals surface area contributed by atoms with Gasteiger partial charge in [0.25, 0.3) is 0 Å². The topological polar surface area (TPSA) is 101 Å². The van der Waals surface area contributed by atoms with Crippen LogP contribution in [0.2, 0.25) is 5.28 Å². The van der Waals surface area contributed by atoms with Gasteiger partial charge in [-0.15, -0.1) is 0 Å². The third-order valence-corrected chi connectivity index (χ3v) is 3.06. The predicted molar refractivity (Wildman–Crippen MR) is 72.4 cm³/mol. The molecule has 0 aliphatic carbocycles. The van der Waals surface area contributed by atoms with E-state index in [1.807, 2.05) is 6.92 Å². The molecule has 7 nitrogen and oxygen atoms in total. The Bertz CT molecular complexity index is 456. The van der Waals surface area contributed by atoms with Crippen molar-refractivity contribution in [2.75, 3.05) is 18.5 Å². The molecule has 2 N–H and O–H groups in total. The van der Waals surface area contributed by atoms with Crippen LogP contribution in [0.1, 0.15) is 25.5 Å². The standard InChI is InChI=1S/C11H17ClN4O3/c1-3-8(4-5-17)6-13-10-9(16(18)19)7(2)14-11(12)15-10/h8,17H,3-6H2,1-2H3,(H,13,14,15). The summed E-state index contributed by atoms with van der Waals surface area (Å²) in [5.74, 6) is 0.345. The van der Waals surface area contributed by atoms with Gasteiger partial charge >= 0.3 is 5.69 Å². The molecular formula is C11H17ClN4O3. The molecule has 1 atom stereocenters. The van der Waals surface area contributed by atoms with Crippen molar-refractivity contribution in [1.82, 2.24) is 9.97 Å². The van der Waals surface area contributed by atoms with Gasteiger partial charge in [-0.05, 0) is 30.9 Å².